The van der Waals surface area contributed by atoms with Crippen LogP contribution < -0.4 is 0 Å². The van der Waals surface area contributed by atoms with Crippen molar-refractivity contribution in [1.82, 2.24) is 0 Å². The molecule has 0 saturated heterocycles. The van der Waals surface area contributed by atoms with Crippen LogP contribution in [0, 0.1) is 0 Å². The number of hydrogen-bond donors (Lipinski definition) is 0. The van der Waals surface area contributed by atoms with Crippen LogP contribution in [0.25, 0.3) is 0 Å². The first-order valence-electron chi connectivity index (χ1n) is 7.14. The van der Waals surface area contributed by atoms with Gasteiger partial charge in [-0.1, -0.05) is 32.6 Å². The predicted octanol–water partition coefficient (Wildman–Crippen LogP) is 3.80. The Balaban J connectivity index is 4.12. The van der Waals surface area contributed by atoms with Gasteiger partial charge in [0, 0.05) is 7.11 Å². The number of carbonyl (C=O) groups excluding carboxylic acids is 1. The van der Waals surface area contributed by atoms with Gasteiger partial charge < -0.3 is 14.2 Å². The summed E-state index contributed by atoms with van der Waals surface area (Å²) in [5, 5.41) is 0. The van der Waals surface area contributed by atoms with E-state index in [1.165, 1.54) is 32.8 Å². The molecule has 0 heterocycles. The second-order valence-electron chi connectivity index (χ2n) is 4.78. The second-order valence-corrected chi connectivity index (χ2v) is 4.78. The van der Waals surface area contributed by atoms with Crippen molar-refractivity contribution in [2.75, 3.05) is 13.9 Å². The summed E-state index contributed by atoms with van der Waals surface area (Å²) in [6.07, 6.45) is 8.48. The molecule has 0 aromatic rings. The maximum Gasteiger partial charge on any atom is 0.373 e. The summed E-state index contributed by atoms with van der Waals surface area (Å²) in [4.78, 5) is 11.8. The van der Waals surface area contributed by atoms with E-state index >= 15 is 0 Å². The Kier molecular flexibility index (Phi) is 11.4. The zero-order chi connectivity index (χ0) is 14.5. The molecule has 0 fully saturated rings. The fraction of sp³-hybridized carbons (Fsp3) is 0.800. The molecule has 0 aliphatic heterocycles. The molecule has 0 spiro atoms. The van der Waals surface area contributed by atoms with Crippen molar-refractivity contribution in [2.24, 2.45) is 0 Å². The lowest BCUT2D eigenvalue weighted by Crippen LogP contribution is -2.16. The third-order valence-corrected chi connectivity index (χ3v) is 2.51. The number of carbonyl (C=O) groups is 1. The van der Waals surface area contributed by atoms with Crippen molar-refractivity contribution >= 4 is 5.97 Å². The summed E-state index contributed by atoms with van der Waals surface area (Å²) >= 11 is 0. The van der Waals surface area contributed by atoms with Crippen LogP contribution in [0.4, 0.5) is 0 Å². The van der Waals surface area contributed by atoms with E-state index in [1.54, 1.807) is 6.08 Å². The highest BCUT2D eigenvalue weighted by Gasteiger charge is 2.13. The lowest BCUT2D eigenvalue weighted by Gasteiger charge is -2.11. The Morgan fingerprint density at radius 1 is 1.16 bits per heavy atom. The molecule has 19 heavy (non-hydrogen) atoms. The first-order valence-corrected chi connectivity index (χ1v) is 7.14. The smallest absolute Gasteiger partial charge is 0.373 e. The number of ether oxygens (including phenoxy) is 3. The topological polar surface area (TPSA) is 44.8 Å². The van der Waals surface area contributed by atoms with Gasteiger partial charge in [0.05, 0.1) is 6.10 Å². The largest absolute Gasteiger partial charge is 0.460 e. The number of allylic oxidation sites excluding steroid dienone is 1. The van der Waals surface area contributed by atoms with E-state index in [4.69, 9.17) is 14.2 Å². The molecule has 0 aromatic carbocycles. The average molecular weight is 272 g/mol. The van der Waals surface area contributed by atoms with E-state index in [-0.39, 0.29) is 18.7 Å². The molecule has 0 saturated carbocycles. The lowest BCUT2D eigenvalue weighted by molar-refractivity contribution is -0.149. The molecule has 0 amide bonds. The summed E-state index contributed by atoms with van der Waals surface area (Å²) in [6, 6.07) is 0. The number of unbranched alkanes of at least 4 members (excludes halogenated alkanes) is 5. The Bertz CT molecular complexity index is 259. The van der Waals surface area contributed by atoms with Crippen LogP contribution in [0.1, 0.15) is 59.3 Å². The number of rotatable bonds is 11. The summed E-state index contributed by atoms with van der Waals surface area (Å²) < 4.78 is 15.2. The third-order valence-electron chi connectivity index (χ3n) is 2.51. The molecule has 0 aliphatic rings. The van der Waals surface area contributed by atoms with Crippen molar-refractivity contribution in [2.45, 2.75) is 65.4 Å². The minimum absolute atomic E-state index is 0.0643. The Hall–Kier alpha value is -1.03. The normalized spacial score (nSPS) is 11.7. The van der Waals surface area contributed by atoms with E-state index in [9.17, 15) is 4.79 Å². The van der Waals surface area contributed by atoms with Crippen molar-refractivity contribution in [1.29, 1.82) is 0 Å². The minimum Gasteiger partial charge on any atom is -0.460 e. The van der Waals surface area contributed by atoms with E-state index in [0.29, 0.717) is 0 Å². The van der Waals surface area contributed by atoms with Gasteiger partial charge in [-0.25, -0.2) is 4.79 Å². The molecule has 112 valence electrons. The minimum atomic E-state index is -0.416. The SMILES string of the molecule is CCCCCCCC=C(OCOC)C(=O)OC(C)C. The van der Waals surface area contributed by atoms with Crippen LogP contribution in [0.2, 0.25) is 0 Å². The highest BCUT2D eigenvalue weighted by molar-refractivity contribution is 5.86. The summed E-state index contributed by atoms with van der Waals surface area (Å²) in [5.74, 6) is -0.161. The molecular weight excluding hydrogens is 244 g/mol. The van der Waals surface area contributed by atoms with Crippen LogP contribution >= 0.6 is 0 Å². The number of hydrogen-bond acceptors (Lipinski definition) is 4. The molecule has 0 rings (SSSR count). The van der Waals surface area contributed by atoms with E-state index in [0.717, 1.165) is 12.8 Å². The van der Waals surface area contributed by atoms with Gasteiger partial charge in [-0.3, -0.25) is 0 Å². The third kappa shape index (κ3) is 10.6. The van der Waals surface area contributed by atoms with Gasteiger partial charge in [0.25, 0.3) is 0 Å². The molecular formula is C15H28O4. The maximum atomic E-state index is 11.8. The van der Waals surface area contributed by atoms with Gasteiger partial charge in [0.15, 0.2) is 6.79 Å². The van der Waals surface area contributed by atoms with Crippen LogP contribution in [-0.2, 0) is 19.0 Å². The molecule has 0 radical (unpaired) electrons. The van der Waals surface area contributed by atoms with Gasteiger partial charge in [-0.2, -0.15) is 0 Å². The molecule has 4 heteroatoms. The van der Waals surface area contributed by atoms with Crippen LogP contribution in [0.15, 0.2) is 11.8 Å². The Morgan fingerprint density at radius 2 is 1.84 bits per heavy atom. The van der Waals surface area contributed by atoms with Gasteiger partial charge in [-0.05, 0) is 32.8 Å². The van der Waals surface area contributed by atoms with Gasteiger partial charge in [-0.15, -0.1) is 0 Å². The summed E-state index contributed by atoms with van der Waals surface area (Å²) in [6.45, 7) is 5.89. The van der Waals surface area contributed by atoms with E-state index in [1.807, 2.05) is 13.8 Å². The van der Waals surface area contributed by atoms with Crippen molar-refractivity contribution in [3.8, 4) is 0 Å². The van der Waals surface area contributed by atoms with Crippen molar-refractivity contribution in [3.05, 3.63) is 11.8 Å². The molecule has 0 unspecified atom stereocenters. The van der Waals surface area contributed by atoms with Gasteiger partial charge >= 0.3 is 5.97 Å². The number of methoxy groups -OCH3 is 1. The Labute approximate surface area is 117 Å². The molecule has 0 aliphatic carbocycles. The summed E-state index contributed by atoms with van der Waals surface area (Å²) in [5.41, 5.74) is 0. The van der Waals surface area contributed by atoms with Crippen LogP contribution in [0.3, 0.4) is 0 Å². The zero-order valence-corrected chi connectivity index (χ0v) is 12.7. The lowest BCUT2D eigenvalue weighted by atomic mass is 10.1. The highest BCUT2D eigenvalue weighted by Crippen LogP contribution is 2.10. The molecule has 0 bridgehead atoms. The quantitative estimate of drug-likeness (QED) is 0.189. The molecule has 4 nitrogen and oxygen atoms in total. The fourth-order valence-corrected chi connectivity index (χ4v) is 1.58. The Morgan fingerprint density at radius 3 is 2.42 bits per heavy atom. The first kappa shape index (κ1) is 18.0. The highest BCUT2D eigenvalue weighted by atomic mass is 16.7. The second kappa shape index (κ2) is 12.0. The predicted molar refractivity (Wildman–Crippen MR) is 75.6 cm³/mol. The monoisotopic (exact) mass is 272 g/mol. The molecule has 0 atom stereocenters. The maximum absolute atomic E-state index is 11.8. The van der Waals surface area contributed by atoms with Crippen LogP contribution in [0.5, 0.6) is 0 Å². The van der Waals surface area contributed by atoms with Crippen molar-refractivity contribution < 1.29 is 19.0 Å². The summed E-state index contributed by atoms with van der Waals surface area (Å²) in [7, 11) is 1.52. The van der Waals surface area contributed by atoms with E-state index in [2.05, 4.69) is 6.92 Å². The van der Waals surface area contributed by atoms with Gasteiger partial charge in [0.2, 0.25) is 5.76 Å². The van der Waals surface area contributed by atoms with Gasteiger partial charge in [0.1, 0.15) is 0 Å². The van der Waals surface area contributed by atoms with Crippen molar-refractivity contribution in [3.63, 3.8) is 0 Å². The van der Waals surface area contributed by atoms with Crippen LogP contribution in [-0.4, -0.2) is 26.0 Å². The molecule has 0 aromatic heterocycles. The molecule has 0 N–H and O–H groups in total. The fourth-order valence-electron chi connectivity index (χ4n) is 1.58. The first-order chi connectivity index (χ1) is 9.11. The van der Waals surface area contributed by atoms with E-state index < -0.39 is 5.97 Å². The zero-order valence-electron chi connectivity index (χ0n) is 12.7. The standard InChI is InChI=1S/C15H28O4/c1-5-6-7-8-9-10-11-14(18-12-17-4)15(16)19-13(2)3/h11,13H,5-10,12H2,1-4H3. The number of esters is 1. The average Bonchev–Trinajstić information content (AvgIpc) is 2.36.